The van der Waals surface area contributed by atoms with Gasteiger partial charge < -0.3 is 14.5 Å². The number of aromatic nitrogens is 3. The summed E-state index contributed by atoms with van der Waals surface area (Å²) in [6.07, 6.45) is 3.91. The molecule has 6 heteroatoms. The third-order valence-corrected chi connectivity index (χ3v) is 4.34. The van der Waals surface area contributed by atoms with Crippen LogP contribution in [0, 0.1) is 13.8 Å². The van der Waals surface area contributed by atoms with E-state index >= 15 is 0 Å². The second kappa shape index (κ2) is 7.52. The maximum absolute atomic E-state index is 12.5. The van der Waals surface area contributed by atoms with E-state index in [0.717, 1.165) is 22.6 Å². The van der Waals surface area contributed by atoms with Crippen molar-refractivity contribution in [1.82, 2.24) is 14.4 Å². The summed E-state index contributed by atoms with van der Waals surface area (Å²) in [5.74, 6) is 0.905. The molecule has 0 atom stereocenters. The van der Waals surface area contributed by atoms with Crippen LogP contribution in [-0.2, 0) is 6.61 Å². The average molecular weight is 372 g/mol. The van der Waals surface area contributed by atoms with Crippen molar-refractivity contribution in [1.29, 1.82) is 0 Å². The van der Waals surface area contributed by atoms with Crippen LogP contribution in [0.1, 0.15) is 27.3 Å². The molecule has 1 N–H and O–H groups in total. The molecule has 28 heavy (non-hydrogen) atoms. The van der Waals surface area contributed by atoms with Crippen molar-refractivity contribution in [3.63, 3.8) is 0 Å². The quantitative estimate of drug-likeness (QED) is 0.571. The number of benzene rings is 1. The number of hydrogen-bond donors (Lipinski definition) is 1. The molecule has 0 aliphatic heterocycles. The van der Waals surface area contributed by atoms with Gasteiger partial charge in [-0.15, -0.1) is 0 Å². The maximum Gasteiger partial charge on any atom is 0.256 e. The van der Waals surface area contributed by atoms with Gasteiger partial charge in [0.1, 0.15) is 23.8 Å². The lowest BCUT2D eigenvalue weighted by molar-refractivity contribution is 0.102. The highest BCUT2D eigenvalue weighted by molar-refractivity contribution is 6.04. The molecular weight excluding hydrogens is 352 g/mol. The molecule has 4 aromatic rings. The second-order valence-corrected chi connectivity index (χ2v) is 6.59. The summed E-state index contributed by atoms with van der Waals surface area (Å²) in [5.41, 5.74) is 4.20. The second-order valence-electron chi connectivity index (χ2n) is 6.59. The van der Waals surface area contributed by atoms with E-state index in [4.69, 9.17) is 4.74 Å². The molecule has 0 radical (unpaired) electrons. The fraction of sp³-hybridized carbons (Fsp3) is 0.136. The van der Waals surface area contributed by atoms with Crippen LogP contribution in [0.5, 0.6) is 5.75 Å². The van der Waals surface area contributed by atoms with Gasteiger partial charge in [0.25, 0.3) is 5.91 Å². The third-order valence-electron chi connectivity index (χ3n) is 4.34. The molecule has 1 amide bonds. The Hall–Kier alpha value is -3.67. The summed E-state index contributed by atoms with van der Waals surface area (Å²) in [6, 6.07) is 16.6. The van der Waals surface area contributed by atoms with Crippen molar-refractivity contribution in [3.8, 4) is 5.75 Å². The average Bonchev–Trinajstić information content (AvgIpc) is 3.11. The number of amides is 1. The van der Waals surface area contributed by atoms with Crippen LogP contribution < -0.4 is 10.1 Å². The summed E-state index contributed by atoms with van der Waals surface area (Å²) in [7, 11) is 0. The first-order valence-corrected chi connectivity index (χ1v) is 8.99. The zero-order valence-corrected chi connectivity index (χ0v) is 15.7. The molecule has 6 nitrogen and oxygen atoms in total. The lowest BCUT2D eigenvalue weighted by atomic mass is 10.2. The number of anilines is 1. The largest absolute Gasteiger partial charge is 0.487 e. The van der Waals surface area contributed by atoms with Gasteiger partial charge >= 0.3 is 0 Å². The molecule has 0 spiro atoms. The number of fused-ring (bicyclic) bond motifs is 1. The van der Waals surface area contributed by atoms with Crippen molar-refractivity contribution in [3.05, 3.63) is 89.5 Å². The zero-order chi connectivity index (χ0) is 19.5. The smallest absolute Gasteiger partial charge is 0.256 e. The Morgan fingerprint density at radius 3 is 2.75 bits per heavy atom. The molecule has 0 saturated heterocycles. The van der Waals surface area contributed by atoms with E-state index in [1.54, 1.807) is 24.3 Å². The van der Waals surface area contributed by atoms with Crippen LogP contribution in [0.3, 0.4) is 0 Å². The fourth-order valence-corrected chi connectivity index (χ4v) is 2.96. The zero-order valence-electron chi connectivity index (χ0n) is 15.7. The molecular formula is C22H20N4O2. The number of carbonyl (C=O) groups excluding carboxylic acids is 1. The van der Waals surface area contributed by atoms with Gasteiger partial charge in [-0.25, -0.2) is 9.97 Å². The number of hydrogen-bond acceptors (Lipinski definition) is 4. The normalized spacial score (nSPS) is 10.8. The Bertz CT molecular complexity index is 1150. The predicted octanol–water partition coefficient (Wildman–Crippen LogP) is 4.18. The van der Waals surface area contributed by atoms with Gasteiger partial charge in [-0.3, -0.25) is 4.79 Å². The lowest BCUT2D eigenvalue weighted by Gasteiger charge is -2.08. The summed E-state index contributed by atoms with van der Waals surface area (Å²) >= 11 is 0. The van der Waals surface area contributed by atoms with Crippen molar-refractivity contribution in [2.24, 2.45) is 0 Å². The molecule has 3 heterocycles. The third kappa shape index (κ3) is 3.86. The van der Waals surface area contributed by atoms with Gasteiger partial charge in [0.2, 0.25) is 0 Å². The fourth-order valence-electron chi connectivity index (χ4n) is 2.96. The molecule has 0 aliphatic rings. The number of nitrogens with zero attached hydrogens (tertiary/aromatic N) is 3. The van der Waals surface area contributed by atoms with Gasteiger partial charge in [0.05, 0.1) is 5.69 Å². The predicted molar refractivity (Wildman–Crippen MR) is 108 cm³/mol. The number of aryl methyl sites for hydroxylation is 2. The number of carbonyl (C=O) groups is 1. The summed E-state index contributed by atoms with van der Waals surface area (Å²) < 4.78 is 7.83. The topological polar surface area (TPSA) is 68.5 Å². The Morgan fingerprint density at radius 1 is 1.07 bits per heavy atom. The molecule has 0 fully saturated rings. The van der Waals surface area contributed by atoms with E-state index < -0.39 is 0 Å². The standard InChI is InChI=1S/C22H20N4O2/c1-15-6-5-11-26-13-18(24-21(15)26)14-28-19-9-4-8-17(12-19)22(27)25-20-10-3-7-16(2)23-20/h3-13H,14H2,1-2H3,(H,23,25,27). The molecule has 0 bridgehead atoms. The highest BCUT2D eigenvalue weighted by Crippen LogP contribution is 2.17. The maximum atomic E-state index is 12.5. The van der Waals surface area contributed by atoms with Crippen LogP contribution in [0.4, 0.5) is 5.82 Å². The van der Waals surface area contributed by atoms with Gasteiger partial charge in [-0.2, -0.15) is 0 Å². The summed E-state index contributed by atoms with van der Waals surface area (Å²) in [4.78, 5) is 21.4. The number of nitrogens with one attached hydrogen (secondary N) is 1. The van der Waals surface area contributed by atoms with Crippen molar-refractivity contribution < 1.29 is 9.53 Å². The van der Waals surface area contributed by atoms with Crippen LogP contribution >= 0.6 is 0 Å². The van der Waals surface area contributed by atoms with E-state index in [9.17, 15) is 4.79 Å². The molecule has 0 saturated carbocycles. The van der Waals surface area contributed by atoms with Crippen LogP contribution in [0.2, 0.25) is 0 Å². The first-order chi connectivity index (χ1) is 13.6. The Labute approximate surface area is 162 Å². The molecule has 0 aliphatic carbocycles. The Balaban J connectivity index is 1.45. The lowest BCUT2D eigenvalue weighted by Crippen LogP contribution is -2.13. The van der Waals surface area contributed by atoms with Gasteiger partial charge in [0.15, 0.2) is 0 Å². The van der Waals surface area contributed by atoms with Crippen LogP contribution in [0.15, 0.2) is 67.0 Å². The molecule has 4 rings (SSSR count). The Kier molecular flexibility index (Phi) is 4.76. The minimum atomic E-state index is -0.230. The minimum Gasteiger partial charge on any atom is -0.487 e. The molecule has 0 unspecified atom stereocenters. The summed E-state index contributed by atoms with van der Waals surface area (Å²) in [5, 5.41) is 2.80. The van der Waals surface area contributed by atoms with E-state index in [0.29, 0.717) is 23.7 Å². The van der Waals surface area contributed by atoms with Gasteiger partial charge in [-0.1, -0.05) is 18.2 Å². The monoisotopic (exact) mass is 372 g/mol. The van der Waals surface area contributed by atoms with Gasteiger partial charge in [-0.05, 0) is 55.8 Å². The van der Waals surface area contributed by atoms with Crippen LogP contribution in [0.25, 0.3) is 5.65 Å². The minimum absolute atomic E-state index is 0.230. The molecule has 3 aromatic heterocycles. The van der Waals surface area contributed by atoms with Gasteiger partial charge in [0, 0.05) is 23.7 Å². The van der Waals surface area contributed by atoms with E-state index in [1.807, 2.05) is 61.0 Å². The van der Waals surface area contributed by atoms with Crippen LogP contribution in [-0.4, -0.2) is 20.3 Å². The number of ether oxygens (including phenoxy) is 1. The SMILES string of the molecule is Cc1cccc(NC(=O)c2cccc(OCc3cn4cccc(C)c4n3)c2)n1. The summed E-state index contributed by atoms with van der Waals surface area (Å²) in [6.45, 7) is 4.23. The highest BCUT2D eigenvalue weighted by Gasteiger charge is 2.09. The molecule has 1 aromatic carbocycles. The Morgan fingerprint density at radius 2 is 1.93 bits per heavy atom. The first kappa shape index (κ1) is 17.7. The number of pyridine rings is 2. The number of rotatable bonds is 5. The van der Waals surface area contributed by atoms with Crippen molar-refractivity contribution in [2.45, 2.75) is 20.5 Å². The molecule has 140 valence electrons. The van der Waals surface area contributed by atoms with Crippen molar-refractivity contribution >= 4 is 17.4 Å². The number of imidazole rings is 1. The highest BCUT2D eigenvalue weighted by atomic mass is 16.5. The van der Waals surface area contributed by atoms with E-state index in [-0.39, 0.29) is 5.91 Å². The van der Waals surface area contributed by atoms with Crippen molar-refractivity contribution in [2.75, 3.05) is 5.32 Å². The first-order valence-electron chi connectivity index (χ1n) is 8.99. The van der Waals surface area contributed by atoms with E-state index in [2.05, 4.69) is 15.3 Å². The van der Waals surface area contributed by atoms with E-state index in [1.165, 1.54) is 0 Å².